The topological polar surface area (TPSA) is 4.44 Å². The number of halogens is 31. The van der Waals surface area contributed by atoms with Gasteiger partial charge in [-0.2, -0.15) is 4.39 Å². The molecule has 438 valence electrons. The van der Waals surface area contributed by atoms with Gasteiger partial charge in [0.25, 0.3) is 0 Å². The molecule has 0 fully saturated rings. The Morgan fingerprint density at radius 3 is 0.675 bits per heavy atom. The molecular formula is C50H13BF31N. The lowest BCUT2D eigenvalue weighted by Crippen LogP contribution is -3.06. The summed E-state index contributed by atoms with van der Waals surface area (Å²) in [6.07, 6.45) is -7.30. The van der Waals surface area contributed by atoms with Crippen LogP contribution in [0, 0.1) is 175 Å². The number of alkyl halides is 1. The van der Waals surface area contributed by atoms with Gasteiger partial charge in [0.05, 0.1) is 28.1 Å². The van der Waals surface area contributed by atoms with Crippen molar-refractivity contribution >= 4 is 76.8 Å². The molecule has 0 aliphatic rings. The van der Waals surface area contributed by atoms with Crippen molar-refractivity contribution in [2.75, 3.05) is 13.3 Å². The molecule has 1 unspecified atom stereocenters. The average molecular weight is 1230 g/mol. The number of hydrogen-bond acceptors (Lipinski definition) is 0. The second-order valence-corrected chi connectivity index (χ2v) is 17.4. The van der Waals surface area contributed by atoms with Crippen molar-refractivity contribution in [3.05, 3.63) is 193 Å². The first-order valence-electron chi connectivity index (χ1n) is 22.0. The van der Waals surface area contributed by atoms with E-state index in [0.717, 1.165) is 18.6 Å². The fourth-order valence-electron chi connectivity index (χ4n) is 9.94. The minimum Gasteiger partial charge on any atom is -0.274 e. The van der Waals surface area contributed by atoms with E-state index >= 15 is 105 Å². The van der Waals surface area contributed by atoms with Crippen LogP contribution in [0.1, 0.15) is 13.3 Å². The molecule has 9 aromatic rings. The second-order valence-electron chi connectivity index (χ2n) is 17.4. The number of quaternary nitrogens is 1. The molecule has 9 aromatic carbocycles. The standard InChI is InChI=1S/C40BF28.C10H12F3N/c42-13-1-5(21(50)37(66)33(13)62)17(46)29(58)25(54)9(1)41(10-2-6(18(47)30(59)26(10)55)22(51)38(67)34(63)14(2)43,11-3-7(19(48)31(60)27(11)56)23(52)39(68)35(64)15(3)44)12-4-8(20(49)32(61)28(12)57)24(53)40(69)36(65)16(4)45;1-2-5-14(7-11)10-4-3-8(12)6-9(10)13/h;3-4,6H,2,5,7H2,1H3/q-1;/p+1. The fourth-order valence-corrected chi connectivity index (χ4v) is 9.94. The lowest BCUT2D eigenvalue weighted by molar-refractivity contribution is -0.848. The van der Waals surface area contributed by atoms with Gasteiger partial charge in [-0.3, -0.25) is 4.90 Å². The van der Waals surface area contributed by atoms with E-state index in [1.165, 1.54) is 6.07 Å². The normalized spacial score (nSPS) is 12.4. The van der Waals surface area contributed by atoms with E-state index in [0.29, 0.717) is 11.4 Å². The average Bonchev–Trinajstić information content (AvgIpc) is 1.51. The monoisotopic (exact) mass is 1230 g/mol. The molecule has 0 saturated heterocycles. The molecule has 0 saturated carbocycles. The van der Waals surface area contributed by atoms with Gasteiger partial charge in [-0.1, -0.05) is 6.92 Å². The zero-order valence-corrected chi connectivity index (χ0v) is 39.1. The summed E-state index contributed by atoms with van der Waals surface area (Å²) in [6.45, 7) is 1.70. The van der Waals surface area contributed by atoms with Crippen molar-refractivity contribution in [2.45, 2.75) is 13.3 Å². The summed E-state index contributed by atoms with van der Waals surface area (Å²) in [6, 6.07) is 3.21. The zero-order chi connectivity index (χ0) is 62.1. The van der Waals surface area contributed by atoms with E-state index in [4.69, 9.17) is 0 Å². The highest BCUT2D eigenvalue weighted by atomic mass is 19.2. The van der Waals surface area contributed by atoms with Gasteiger partial charge in [0.2, 0.25) is 6.80 Å². The Balaban J connectivity index is 0.000000563. The second kappa shape index (κ2) is 21.3. The molecule has 9 rings (SSSR count). The molecule has 0 radical (unpaired) electrons. The number of rotatable bonds is 8. The van der Waals surface area contributed by atoms with Gasteiger partial charge in [0.1, 0.15) is 35.2 Å². The SMILES string of the molecule is CCC[NH+](CF)c1ccc(F)cc1F.Fc1c(F)c(F)c2c([B-](c3c(F)c(F)c(F)c4c(F)c(F)c(F)c(F)c34)(c3c(F)c(F)c(F)c4c(F)c(F)c(F)c(F)c34)c3c(F)c(F)c(F)c4c(F)c(F)c(F)c(F)c34)c(F)c(F)c(F)c2c1F. The third-order valence-corrected chi connectivity index (χ3v) is 13.3. The Morgan fingerprint density at radius 2 is 0.482 bits per heavy atom. The Hall–Kier alpha value is -8.13. The van der Waals surface area contributed by atoms with Crippen LogP contribution in [0.3, 0.4) is 0 Å². The molecular weight excluding hydrogens is 1210 g/mol. The van der Waals surface area contributed by atoms with Crippen LogP contribution < -0.4 is 26.8 Å². The van der Waals surface area contributed by atoms with Gasteiger partial charge in [-0.15, -0.1) is 21.9 Å². The highest BCUT2D eigenvalue weighted by Crippen LogP contribution is 2.42. The van der Waals surface area contributed by atoms with Gasteiger partial charge in [0, 0.05) is 12.1 Å². The Kier molecular flexibility index (Phi) is 15.6. The van der Waals surface area contributed by atoms with Crippen LogP contribution in [0.2, 0.25) is 0 Å². The van der Waals surface area contributed by atoms with E-state index in [9.17, 15) is 30.7 Å². The van der Waals surface area contributed by atoms with E-state index < -0.39 is 252 Å². The van der Waals surface area contributed by atoms with Crippen LogP contribution in [0.4, 0.5) is 142 Å². The van der Waals surface area contributed by atoms with E-state index in [1.54, 1.807) is 0 Å². The molecule has 1 atom stereocenters. The zero-order valence-electron chi connectivity index (χ0n) is 39.1. The van der Waals surface area contributed by atoms with Crippen molar-refractivity contribution in [1.82, 2.24) is 0 Å². The fraction of sp³-hybridized carbons (Fsp3) is 0.0800. The maximum absolute atomic E-state index is 17.3. The summed E-state index contributed by atoms with van der Waals surface area (Å²) in [7, 11) is 0. The molecule has 0 spiro atoms. The summed E-state index contributed by atoms with van der Waals surface area (Å²) in [5.41, 5.74) is -15.3. The number of benzene rings is 9. The van der Waals surface area contributed by atoms with Gasteiger partial charge >= 0.3 is 0 Å². The lowest BCUT2D eigenvalue weighted by Gasteiger charge is -2.47. The first-order valence-corrected chi connectivity index (χ1v) is 22.0. The third kappa shape index (κ3) is 8.34. The highest BCUT2D eigenvalue weighted by molar-refractivity contribution is 7.23. The molecule has 0 bridgehead atoms. The van der Waals surface area contributed by atoms with Crippen LogP contribution in [0.5, 0.6) is 0 Å². The van der Waals surface area contributed by atoms with Crippen molar-refractivity contribution in [3.8, 4) is 0 Å². The highest BCUT2D eigenvalue weighted by Gasteiger charge is 2.52. The molecule has 1 nitrogen and oxygen atoms in total. The van der Waals surface area contributed by atoms with Crippen molar-refractivity contribution < 1.29 is 141 Å². The summed E-state index contributed by atoms with van der Waals surface area (Å²) >= 11 is 0. The maximum atomic E-state index is 17.3. The van der Waals surface area contributed by atoms with Crippen LogP contribution in [0.25, 0.3) is 43.1 Å². The summed E-state index contributed by atoms with van der Waals surface area (Å²) < 4.78 is 485. The number of hydrogen-bond donors (Lipinski definition) is 1. The van der Waals surface area contributed by atoms with Crippen LogP contribution in [0.15, 0.2) is 18.2 Å². The molecule has 0 aliphatic heterocycles. The van der Waals surface area contributed by atoms with Crippen molar-refractivity contribution in [3.63, 3.8) is 0 Å². The molecule has 83 heavy (non-hydrogen) atoms. The van der Waals surface area contributed by atoms with Gasteiger partial charge in [0.15, 0.2) is 151 Å². The van der Waals surface area contributed by atoms with Gasteiger partial charge in [-0.25, -0.2) is 132 Å². The van der Waals surface area contributed by atoms with E-state index in [2.05, 4.69) is 0 Å². The van der Waals surface area contributed by atoms with Crippen LogP contribution >= 0.6 is 0 Å². The first kappa shape index (κ1) is 61.0. The van der Waals surface area contributed by atoms with Gasteiger partial charge < -0.3 is 0 Å². The molecule has 1 N–H and O–H groups in total. The number of fused-ring (bicyclic) bond motifs is 4. The van der Waals surface area contributed by atoms with Crippen molar-refractivity contribution in [1.29, 1.82) is 0 Å². The van der Waals surface area contributed by atoms with Crippen molar-refractivity contribution in [2.24, 2.45) is 0 Å². The Labute approximate surface area is 436 Å². The van der Waals surface area contributed by atoms with Gasteiger partial charge in [-0.05, 0) is 34.0 Å². The lowest BCUT2D eigenvalue weighted by atomic mass is 9.11. The summed E-state index contributed by atoms with van der Waals surface area (Å²) in [4.78, 5) is 0.394. The van der Waals surface area contributed by atoms with Crippen LogP contribution in [-0.2, 0) is 0 Å². The summed E-state index contributed by atoms with van der Waals surface area (Å²) in [5.74, 6) is -106. The molecule has 0 aliphatic carbocycles. The largest absolute Gasteiger partial charge is 0.274 e. The van der Waals surface area contributed by atoms with E-state index in [-0.39, 0.29) is 5.69 Å². The third-order valence-electron chi connectivity index (χ3n) is 13.3. The predicted octanol–water partition coefficient (Wildman–Crippen LogP) is 13.4. The molecule has 0 amide bonds. The minimum atomic E-state index is -8.05. The first-order chi connectivity index (χ1) is 38.7. The van der Waals surface area contributed by atoms with E-state index in [1.807, 2.05) is 6.92 Å². The molecule has 0 heterocycles. The minimum absolute atomic E-state index is 0.191. The Morgan fingerprint density at radius 1 is 0.277 bits per heavy atom. The summed E-state index contributed by atoms with van der Waals surface area (Å²) in [5, 5.41) is -27.0. The molecule has 0 aromatic heterocycles. The number of nitrogens with one attached hydrogen (secondary N) is 1. The quantitative estimate of drug-likeness (QED) is 0.0508. The predicted molar refractivity (Wildman–Crippen MR) is 227 cm³/mol. The maximum Gasteiger partial charge on any atom is 0.225 e. The smallest absolute Gasteiger partial charge is 0.225 e. The molecule has 33 heteroatoms. The van der Waals surface area contributed by atoms with Crippen LogP contribution in [-0.4, -0.2) is 19.5 Å². The Bertz CT molecular complexity index is 3830.